The predicted molar refractivity (Wildman–Crippen MR) is 227 cm³/mol. The van der Waals surface area contributed by atoms with Gasteiger partial charge in [0.25, 0.3) is 0 Å². The molecule has 2 rings (SSSR count). The van der Waals surface area contributed by atoms with Crippen LogP contribution >= 0.6 is 33.1 Å². The Morgan fingerprint density at radius 2 is 1.26 bits per heavy atom. The Balaban J connectivity index is 0.000000538. The van der Waals surface area contributed by atoms with Crippen LogP contribution in [0, 0.1) is 22.7 Å². The second kappa shape index (κ2) is 23.8. The van der Waals surface area contributed by atoms with Crippen molar-refractivity contribution >= 4 is 33.1 Å². The lowest BCUT2D eigenvalue weighted by Gasteiger charge is -2.61. The van der Waals surface area contributed by atoms with E-state index < -0.39 is 21.2 Å². The molecule has 2 aliphatic carbocycles. The minimum atomic E-state index is -5.08. The molecule has 0 saturated heterocycles. The van der Waals surface area contributed by atoms with E-state index in [1.807, 2.05) is 6.92 Å². The van der Waals surface area contributed by atoms with E-state index in [4.69, 9.17) is 14.3 Å². The first-order chi connectivity index (χ1) is 24.4. The van der Waals surface area contributed by atoms with Gasteiger partial charge in [-0.15, -0.1) is 0 Å². The van der Waals surface area contributed by atoms with Gasteiger partial charge in [-0.1, -0.05) is 94.4 Å². The van der Waals surface area contributed by atoms with Gasteiger partial charge >= 0.3 is 15.6 Å². The molecule has 53 heavy (non-hydrogen) atoms. The molecule has 7 atom stereocenters. The molecule has 0 amide bonds. The summed E-state index contributed by atoms with van der Waals surface area (Å²) in [5, 5.41) is 11.2. The van der Waals surface area contributed by atoms with Gasteiger partial charge in [-0.3, -0.25) is 4.52 Å². The number of allylic oxidation sites excluding steroid dienone is 8. The van der Waals surface area contributed by atoms with Crippen LogP contribution in [0.25, 0.3) is 0 Å². The average molecular weight is 823 g/mol. The van der Waals surface area contributed by atoms with Crippen LogP contribution in [0.5, 0.6) is 0 Å². The van der Waals surface area contributed by atoms with E-state index in [1.165, 1.54) is 48.0 Å². The quantitative estimate of drug-likeness (QED) is 0.0536. The van der Waals surface area contributed by atoms with Crippen molar-refractivity contribution < 1.29 is 42.3 Å². The highest BCUT2D eigenvalue weighted by Crippen LogP contribution is 2.63. The Morgan fingerprint density at radius 1 is 0.755 bits per heavy atom. The summed E-state index contributed by atoms with van der Waals surface area (Å²) in [6.07, 6.45) is 24.6. The normalized spacial score (nSPS) is 26.8. The summed E-state index contributed by atoms with van der Waals surface area (Å²) in [5.74, 6) is 1.14. The fraction of sp³-hybridized carbons (Fsp3) is 0.750. The summed E-state index contributed by atoms with van der Waals surface area (Å²) < 4.78 is 35.6. The van der Waals surface area contributed by atoms with Crippen molar-refractivity contribution in [2.24, 2.45) is 22.7 Å². The van der Waals surface area contributed by atoms with Crippen LogP contribution in [0.3, 0.4) is 0 Å². The maximum Gasteiger partial charge on any atom is 0.481 e. The van der Waals surface area contributed by atoms with Gasteiger partial charge in [0, 0.05) is 8.50 Å². The smallest absolute Gasteiger partial charge is 0.390 e. The number of hydrogen-bond donors (Lipinski definition) is 4. The molecule has 2 aliphatic rings. The molecule has 308 valence electrons. The van der Waals surface area contributed by atoms with Gasteiger partial charge in [0.1, 0.15) is 0 Å². The first kappa shape index (κ1) is 50.8. The van der Waals surface area contributed by atoms with Gasteiger partial charge in [-0.2, -0.15) is 4.31 Å². The Kier molecular flexibility index (Phi) is 22.8. The van der Waals surface area contributed by atoms with Crippen LogP contribution in [0.15, 0.2) is 58.2 Å². The summed E-state index contributed by atoms with van der Waals surface area (Å²) >= 11 is 0. The summed E-state index contributed by atoms with van der Waals surface area (Å²) in [6, 6.07) is 0. The maximum absolute atomic E-state index is 11.3. The Hall–Kier alpha value is -0.260. The minimum absolute atomic E-state index is 0.265. The molecule has 2 fully saturated rings. The third kappa shape index (κ3) is 20.6. The molecule has 4 unspecified atom stereocenters. The minimum Gasteiger partial charge on any atom is -0.390 e. The van der Waals surface area contributed by atoms with Crippen molar-refractivity contribution in [1.29, 1.82) is 0 Å². The third-order valence-corrected chi connectivity index (χ3v) is 14.2. The zero-order chi connectivity index (χ0) is 40.5. The van der Waals surface area contributed by atoms with E-state index in [1.54, 1.807) is 6.08 Å². The summed E-state index contributed by atoms with van der Waals surface area (Å²) in [4.78, 5) is 26.2. The highest BCUT2D eigenvalue weighted by molar-refractivity contribution is 8.00. The number of fused-ring (bicyclic) bond motifs is 1. The van der Waals surface area contributed by atoms with Gasteiger partial charge in [0.2, 0.25) is 0 Å². The van der Waals surface area contributed by atoms with Crippen LogP contribution in [0.2, 0.25) is 0 Å². The molecule has 0 bridgehead atoms. The zero-order valence-corrected chi connectivity index (χ0v) is 38.4. The zero-order valence-electron chi connectivity index (χ0n) is 34.4. The number of rotatable bonds is 20. The molecular weight excluding hydrogens is 748 g/mol. The van der Waals surface area contributed by atoms with Crippen molar-refractivity contribution in [3.05, 3.63) is 58.2 Å². The lowest BCUT2D eigenvalue weighted by molar-refractivity contribution is -0.168. The molecule has 13 heteroatoms. The molecule has 9 nitrogen and oxygen atoms in total. The lowest BCUT2D eigenvalue weighted by atomic mass is 9.45. The molecule has 0 aromatic carbocycles. The predicted octanol–water partition coefficient (Wildman–Crippen LogP) is 12.5. The summed E-state index contributed by atoms with van der Waals surface area (Å²) in [6.45, 7) is 22.5. The van der Waals surface area contributed by atoms with Crippen molar-refractivity contribution in [3.63, 3.8) is 0 Å². The van der Waals surface area contributed by atoms with Crippen LogP contribution < -0.4 is 0 Å². The fourth-order valence-corrected chi connectivity index (χ4v) is 10.4. The highest BCUT2D eigenvalue weighted by Gasteiger charge is 2.57. The van der Waals surface area contributed by atoms with Gasteiger partial charge in [0.05, 0.1) is 18.8 Å². The molecule has 0 heterocycles. The molecule has 2 saturated carbocycles. The van der Waals surface area contributed by atoms with E-state index in [0.717, 1.165) is 69.3 Å². The summed E-state index contributed by atoms with van der Waals surface area (Å²) in [5.41, 5.74) is 6.61. The van der Waals surface area contributed by atoms with Crippen LogP contribution in [-0.2, 0) is 22.5 Å². The maximum atomic E-state index is 11.3. The summed E-state index contributed by atoms with van der Waals surface area (Å²) in [7, 11) is -6.76. The van der Waals surface area contributed by atoms with E-state index >= 15 is 0 Å². The van der Waals surface area contributed by atoms with Gasteiger partial charge in [0.15, 0.2) is 0 Å². The highest BCUT2D eigenvalue weighted by atomic mass is 32.0. The Labute approximate surface area is 326 Å². The molecule has 0 radical (unpaired) electrons. The van der Waals surface area contributed by atoms with Crippen molar-refractivity contribution in [2.45, 2.75) is 158 Å². The van der Waals surface area contributed by atoms with Crippen LogP contribution in [0.4, 0.5) is 0 Å². The first-order valence-electron chi connectivity index (χ1n) is 19.2. The third-order valence-electron chi connectivity index (χ3n) is 11.2. The number of hydrogen-bond acceptors (Lipinski definition) is 6. The monoisotopic (exact) mass is 822 g/mol. The Bertz CT molecular complexity index is 1370. The fourth-order valence-electron chi connectivity index (χ4n) is 8.39. The van der Waals surface area contributed by atoms with Gasteiger partial charge in [-0.05, 0) is 148 Å². The molecule has 0 aromatic heterocycles. The largest absolute Gasteiger partial charge is 0.481 e. The van der Waals surface area contributed by atoms with Crippen LogP contribution in [-0.4, -0.2) is 38.6 Å². The first-order valence-corrected chi connectivity index (χ1v) is 25.0. The number of phosphoric acid groups is 2. The van der Waals surface area contributed by atoms with E-state index in [-0.39, 0.29) is 12.0 Å². The molecular formula is C40H74O9P4. The molecule has 0 aliphatic heterocycles. The van der Waals surface area contributed by atoms with E-state index in [2.05, 4.69) is 104 Å². The second-order valence-corrected chi connectivity index (χ2v) is 20.8. The Morgan fingerprint density at radius 3 is 1.79 bits per heavy atom. The van der Waals surface area contributed by atoms with Crippen molar-refractivity contribution in [3.8, 4) is 0 Å². The molecule has 0 aromatic rings. The van der Waals surface area contributed by atoms with Crippen LogP contribution in [0.1, 0.15) is 153 Å². The van der Waals surface area contributed by atoms with Gasteiger partial charge < -0.3 is 24.3 Å². The standard InChI is InChI=1S/C20H36O7P2.C20H38O2P2/c1-17(2)9-6-10-18(3)11-7-12-19(4)13-8-14-20(5)15-16-26-29(24,25)27-28(21,22)23;1-15(10-14-22-24-23)7-8-17-19(4)12-6-11-18(2,3)16(19)9-13-20(17,5)21/h9,11,13,15H,6-8,10,12,14,16H2,1-5H3,(H,24,25)(H2,21,22,23);10,16-17,21,24H,6-9,11-14,23H2,1-5H3/b18-11+,19-13+,20-15+;15-10+/t;16?,17-,19+,20-/m.0/s1. The number of aliphatic hydroxyl groups is 1. The topological polar surface area (TPSA) is 143 Å². The molecule has 4 N–H and O–H groups in total. The second-order valence-electron chi connectivity index (χ2n) is 16.8. The van der Waals surface area contributed by atoms with E-state index in [0.29, 0.717) is 26.4 Å². The van der Waals surface area contributed by atoms with Gasteiger partial charge in [-0.25, -0.2) is 9.13 Å². The van der Waals surface area contributed by atoms with Crippen molar-refractivity contribution in [2.75, 3.05) is 13.2 Å². The number of phosphoric ester groups is 1. The molecule has 0 spiro atoms. The van der Waals surface area contributed by atoms with Crippen molar-refractivity contribution in [1.82, 2.24) is 0 Å². The van der Waals surface area contributed by atoms with E-state index in [9.17, 15) is 19.1 Å². The SMILES string of the molecule is C/C(=C\COPP)CC[C@@H]1[C@@](C)(O)CCC2C(C)(C)CCC[C@]21C.CC(C)=CCC/C(C)=C/CC/C(C)=C/CC/C(C)=C/COP(=O)(O)OP(=O)(O)O. The average Bonchev–Trinajstić information content (AvgIpc) is 2.99. The lowest BCUT2D eigenvalue weighted by Crippen LogP contribution is -2.57.